The van der Waals surface area contributed by atoms with E-state index in [1.807, 2.05) is 12.1 Å². The normalized spacial score (nSPS) is 21.3. The molecule has 3 rings (SSSR count). The largest absolute Gasteiger partial charge is 0.489 e. The molecule has 0 bridgehead atoms. The van der Waals surface area contributed by atoms with Gasteiger partial charge in [0, 0.05) is 23.0 Å². The molecule has 24 heavy (non-hydrogen) atoms. The van der Waals surface area contributed by atoms with Gasteiger partial charge in [-0.25, -0.2) is 0 Å². The fourth-order valence-corrected chi connectivity index (χ4v) is 4.02. The second-order valence-corrected chi connectivity index (χ2v) is 6.79. The highest BCUT2D eigenvalue weighted by Gasteiger charge is 2.26. The number of pyridine rings is 1. The lowest BCUT2D eigenvalue weighted by atomic mass is 9.91. The Morgan fingerprint density at radius 2 is 1.83 bits per heavy atom. The summed E-state index contributed by atoms with van der Waals surface area (Å²) in [4.78, 5) is 17.0. The van der Waals surface area contributed by atoms with Gasteiger partial charge in [0.1, 0.15) is 5.75 Å². The first-order valence-corrected chi connectivity index (χ1v) is 9.22. The third-order valence-electron chi connectivity index (χ3n) is 5.12. The van der Waals surface area contributed by atoms with Crippen LogP contribution in [0.3, 0.4) is 0 Å². The van der Waals surface area contributed by atoms with Gasteiger partial charge in [0.15, 0.2) is 0 Å². The van der Waals surface area contributed by atoms with Crippen molar-refractivity contribution in [1.29, 1.82) is 0 Å². The van der Waals surface area contributed by atoms with Crippen molar-refractivity contribution >= 4 is 22.4 Å². The molecule has 1 aliphatic rings. The van der Waals surface area contributed by atoms with E-state index in [9.17, 15) is 4.79 Å². The van der Waals surface area contributed by atoms with Crippen molar-refractivity contribution < 1.29 is 4.74 Å². The van der Waals surface area contributed by atoms with Crippen molar-refractivity contribution in [2.45, 2.75) is 51.7 Å². The van der Waals surface area contributed by atoms with Gasteiger partial charge in [0.25, 0.3) is 5.56 Å². The number of aromatic nitrogens is 1. The minimum absolute atomic E-state index is 0.124. The molecule has 0 spiro atoms. The van der Waals surface area contributed by atoms with Crippen LogP contribution in [-0.4, -0.2) is 35.1 Å². The maximum Gasteiger partial charge on any atom is 0.255 e. The van der Waals surface area contributed by atoms with E-state index < -0.39 is 0 Å². The van der Waals surface area contributed by atoms with Gasteiger partial charge in [0.05, 0.1) is 11.1 Å². The Bertz CT molecular complexity index is 747. The lowest BCUT2D eigenvalue weighted by Gasteiger charge is -2.35. The number of rotatable bonds is 5. The molecule has 4 nitrogen and oxygen atoms in total. The summed E-state index contributed by atoms with van der Waals surface area (Å²) >= 11 is 6.47. The van der Waals surface area contributed by atoms with Gasteiger partial charge in [-0.05, 0) is 57.0 Å². The molecule has 0 saturated heterocycles. The first-order chi connectivity index (χ1) is 11.6. The van der Waals surface area contributed by atoms with Crippen LogP contribution in [0.25, 0.3) is 10.8 Å². The Morgan fingerprint density at radius 3 is 2.50 bits per heavy atom. The minimum Gasteiger partial charge on any atom is -0.489 e. The Morgan fingerprint density at radius 1 is 1.12 bits per heavy atom. The second kappa shape index (κ2) is 7.58. The molecule has 1 aromatic heterocycles. The quantitative estimate of drug-likeness (QED) is 0.880. The molecule has 1 N–H and O–H groups in total. The van der Waals surface area contributed by atoms with Gasteiger partial charge in [-0.3, -0.25) is 4.79 Å². The van der Waals surface area contributed by atoms with E-state index in [2.05, 4.69) is 23.7 Å². The summed E-state index contributed by atoms with van der Waals surface area (Å²) in [6.07, 6.45) is 6.24. The lowest BCUT2D eigenvalue weighted by molar-refractivity contribution is 0.0935. The van der Waals surface area contributed by atoms with E-state index in [4.69, 9.17) is 16.3 Å². The zero-order valence-electron chi connectivity index (χ0n) is 14.3. The zero-order valence-corrected chi connectivity index (χ0v) is 15.1. The first kappa shape index (κ1) is 17.3. The summed E-state index contributed by atoms with van der Waals surface area (Å²) in [5, 5.41) is 1.87. The highest BCUT2D eigenvalue weighted by atomic mass is 35.5. The number of fused-ring (bicyclic) bond motifs is 1. The van der Waals surface area contributed by atoms with Gasteiger partial charge in [-0.1, -0.05) is 25.4 Å². The van der Waals surface area contributed by atoms with Crippen molar-refractivity contribution in [3.05, 3.63) is 39.8 Å². The van der Waals surface area contributed by atoms with Crippen LogP contribution in [0.1, 0.15) is 39.5 Å². The van der Waals surface area contributed by atoms with Gasteiger partial charge in [-0.15, -0.1) is 0 Å². The number of nitrogens with one attached hydrogen (secondary N) is 1. The molecule has 0 amide bonds. The molecule has 5 heteroatoms. The lowest BCUT2D eigenvalue weighted by Crippen LogP contribution is -2.39. The van der Waals surface area contributed by atoms with E-state index >= 15 is 0 Å². The molecule has 1 heterocycles. The summed E-state index contributed by atoms with van der Waals surface area (Å²) in [6, 6.07) is 6.10. The molecular formula is C19H25ClN2O2. The molecule has 0 atom stereocenters. The second-order valence-electron chi connectivity index (χ2n) is 6.42. The van der Waals surface area contributed by atoms with Crippen LogP contribution >= 0.6 is 11.6 Å². The zero-order chi connectivity index (χ0) is 17.1. The van der Waals surface area contributed by atoms with Crippen LogP contribution in [0.2, 0.25) is 5.02 Å². The highest BCUT2D eigenvalue weighted by Crippen LogP contribution is 2.34. The predicted molar refractivity (Wildman–Crippen MR) is 99.2 cm³/mol. The van der Waals surface area contributed by atoms with Crippen LogP contribution in [0.15, 0.2) is 29.2 Å². The Labute approximate surface area is 147 Å². The molecular weight excluding hydrogens is 324 g/mol. The average Bonchev–Trinajstić information content (AvgIpc) is 2.60. The number of halogens is 1. The monoisotopic (exact) mass is 348 g/mol. The van der Waals surface area contributed by atoms with Crippen molar-refractivity contribution in [1.82, 2.24) is 9.88 Å². The molecule has 0 aliphatic heterocycles. The molecule has 1 saturated carbocycles. The molecule has 2 aromatic rings. The smallest absolute Gasteiger partial charge is 0.255 e. The predicted octanol–water partition coefficient (Wildman–Crippen LogP) is 4.21. The molecule has 1 fully saturated rings. The van der Waals surface area contributed by atoms with Crippen LogP contribution in [0.4, 0.5) is 0 Å². The number of aromatic amines is 1. The summed E-state index contributed by atoms with van der Waals surface area (Å²) in [6.45, 7) is 6.67. The fraction of sp³-hybridized carbons (Fsp3) is 0.526. The van der Waals surface area contributed by atoms with Gasteiger partial charge in [0.2, 0.25) is 0 Å². The molecule has 1 aromatic carbocycles. The molecule has 1 aliphatic carbocycles. The number of benzene rings is 1. The van der Waals surface area contributed by atoms with E-state index in [1.54, 1.807) is 12.3 Å². The summed E-state index contributed by atoms with van der Waals surface area (Å²) in [5.41, 5.74) is -0.124. The SMILES string of the molecule is CCN(CC)C1CCC(Oc2ccc3c(=O)[nH]ccc3c2Cl)CC1. The number of hydrogen-bond donors (Lipinski definition) is 1. The van der Waals surface area contributed by atoms with Crippen LogP contribution in [-0.2, 0) is 0 Å². The van der Waals surface area contributed by atoms with E-state index in [1.165, 1.54) is 0 Å². The van der Waals surface area contributed by atoms with Crippen LogP contribution < -0.4 is 10.3 Å². The standard InChI is InChI=1S/C19H25ClN2O2/c1-3-22(4-2)13-5-7-14(8-6-13)24-17-10-9-16-15(18(17)20)11-12-21-19(16)23/h9-14H,3-8H2,1-2H3,(H,21,23). The number of nitrogens with zero attached hydrogens (tertiary/aromatic N) is 1. The third kappa shape index (κ3) is 3.45. The molecule has 0 radical (unpaired) electrons. The third-order valence-corrected chi connectivity index (χ3v) is 5.51. The van der Waals surface area contributed by atoms with Gasteiger partial charge < -0.3 is 14.6 Å². The maximum absolute atomic E-state index is 11.8. The average molecular weight is 349 g/mol. The van der Waals surface area contributed by atoms with E-state index in [0.29, 0.717) is 22.2 Å². The Hall–Kier alpha value is -1.52. The van der Waals surface area contributed by atoms with Crippen LogP contribution in [0, 0.1) is 0 Å². The number of hydrogen-bond acceptors (Lipinski definition) is 3. The van der Waals surface area contributed by atoms with Crippen molar-refractivity contribution in [3.8, 4) is 5.75 Å². The van der Waals surface area contributed by atoms with Gasteiger partial charge in [-0.2, -0.15) is 0 Å². The first-order valence-electron chi connectivity index (χ1n) is 8.84. The molecule has 0 unspecified atom stereocenters. The van der Waals surface area contributed by atoms with Crippen molar-refractivity contribution in [2.75, 3.05) is 13.1 Å². The van der Waals surface area contributed by atoms with E-state index in [0.717, 1.165) is 44.2 Å². The minimum atomic E-state index is -0.124. The highest BCUT2D eigenvalue weighted by molar-refractivity contribution is 6.37. The van der Waals surface area contributed by atoms with Crippen molar-refractivity contribution in [3.63, 3.8) is 0 Å². The maximum atomic E-state index is 11.8. The Kier molecular flexibility index (Phi) is 5.47. The summed E-state index contributed by atoms with van der Waals surface area (Å²) < 4.78 is 6.17. The number of H-pyrrole nitrogens is 1. The van der Waals surface area contributed by atoms with Gasteiger partial charge >= 0.3 is 0 Å². The summed E-state index contributed by atoms with van der Waals surface area (Å²) in [7, 11) is 0. The Balaban J connectivity index is 1.71. The topological polar surface area (TPSA) is 45.3 Å². The van der Waals surface area contributed by atoms with E-state index in [-0.39, 0.29) is 11.7 Å². The fourth-order valence-electron chi connectivity index (χ4n) is 3.75. The summed E-state index contributed by atoms with van der Waals surface area (Å²) in [5.74, 6) is 0.682. The van der Waals surface area contributed by atoms with Crippen LogP contribution in [0.5, 0.6) is 5.75 Å². The molecule has 130 valence electrons. The number of ether oxygens (including phenoxy) is 1. The van der Waals surface area contributed by atoms with Crippen molar-refractivity contribution in [2.24, 2.45) is 0 Å².